The number of halogens is 3. The summed E-state index contributed by atoms with van der Waals surface area (Å²) < 4.78 is 40.3. The molecule has 0 radical (unpaired) electrons. The van der Waals surface area contributed by atoms with Gasteiger partial charge in [0, 0.05) is 17.0 Å². The molecule has 3 rings (SSSR count). The van der Waals surface area contributed by atoms with Crippen LogP contribution in [0.5, 0.6) is 0 Å². The molecule has 94 valence electrons. The van der Waals surface area contributed by atoms with Gasteiger partial charge in [-0.2, -0.15) is 0 Å². The van der Waals surface area contributed by atoms with Gasteiger partial charge in [-0.3, -0.25) is 0 Å². The van der Waals surface area contributed by atoms with Crippen molar-refractivity contribution in [3.63, 3.8) is 0 Å². The quantitative estimate of drug-likeness (QED) is 0.623. The van der Waals surface area contributed by atoms with E-state index in [1.165, 1.54) is 6.33 Å². The van der Waals surface area contributed by atoms with Gasteiger partial charge in [0.1, 0.15) is 12.1 Å². The first-order valence-electron chi connectivity index (χ1n) is 5.51. The lowest BCUT2D eigenvalue weighted by atomic mass is 10.1. The summed E-state index contributed by atoms with van der Waals surface area (Å²) in [5.41, 5.74) is 0.536. The van der Waals surface area contributed by atoms with E-state index in [-0.39, 0.29) is 11.3 Å². The van der Waals surface area contributed by atoms with Crippen LogP contribution in [0.15, 0.2) is 42.7 Å². The number of benzene rings is 2. The second kappa shape index (κ2) is 4.35. The molecule has 0 aliphatic carbocycles. The van der Waals surface area contributed by atoms with Crippen LogP contribution in [-0.2, 0) is 0 Å². The summed E-state index contributed by atoms with van der Waals surface area (Å²) in [7, 11) is 0. The van der Waals surface area contributed by atoms with Gasteiger partial charge in [0.2, 0.25) is 0 Å². The Labute approximate surface area is 106 Å². The fraction of sp³-hybridized carbons (Fsp3) is 0. The lowest BCUT2D eigenvalue weighted by Crippen LogP contribution is -1.96. The summed E-state index contributed by atoms with van der Waals surface area (Å²) in [4.78, 5) is 7.96. The van der Waals surface area contributed by atoms with E-state index in [2.05, 4.69) is 9.97 Å². The van der Waals surface area contributed by atoms with Crippen molar-refractivity contribution in [2.24, 2.45) is 0 Å². The monoisotopic (exact) mass is 260 g/mol. The molecule has 0 bridgehead atoms. The minimum Gasteiger partial charge on any atom is -0.236 e. The van der Waals surface area contributed by atoms with Crippen molar-refractivity contribution in [2.45, 2.75) is 0 Å². The maximum absolute atomic E-state index is 13.8. The Bertz CT molecular complexity index is 766. The Hall–Kier alpha value is -2.43. The van der Waals surface area contributed by atoms with E-state index in [1.54, 1.807) is 24.3 Å². The second-order valence-electron chi connectivity index (χ2n) is 3.99. The fourth-order valence-electron chi connectivity index (χ4n) is 1.95. The molecular formula is C14H7F3N2. The number of hydrogen-bond donors (Lipinski definition) is 0. The first-order chi connectivity index (χ1) is 9.16. The zero-order valence-corrected chi connectivity index (χ0v) is 9.57. The minimum atomic E-state index is -1.24. The number of fused-ring (bicyclic) bond motifs is 1. The summed E-state index contributed by atoms with van der Waals surface area (Å²) >= 11 is 0. The van der Waals surface area contributed by atoms with Crippen molar-refractivity contribution in [3.8, 4) is 11.3 Å². The van der Waals surface area contributed by atoms with Gasteiger partial charge in [0.05, 0.1) is 11.2 Å². The Morgan fingerprint density at radius 1 is 0.895 bits per heavy atom. The average Bonchev–Trinajstić information content (AvgIpc) is 2.42. The van der Waals surface area contributed by atoms with Crippen molar-refractivity contribution in [1.82, 2.24) is 9.97 Å². The maximum Gasteiger partial charge on any atom is 0.168 e. The van der Waals surface area contributed by atoms with E-state index in [1.807, 2.05) is 0 Å². The molecule has 1 heterocycles. The molecule has 0 aliphatic heterocycles. The van der Waals surface area contributed by atoms with E-state index in [9.17, 15) is 13.2 Å². The van der Waals surface area contributed by atoms with Crippen molar-refractivity contribution in [2.75, 3.05) is 0 Å². The van der Waals surface area contributed by atoms with Crippen LogP contribution in [-0.4, -0.2) is 9.97 Å². The molecular weight excluding hydrogens is 253 g/mol. The summed E-state index contributed by atoms with van der Waals surface area (Å²) in [5.74, 6) is -3.21. The van der Waals surface area contributed by atoms with E-state index >= 15 is 0 Å². The number of aromatic nitrogens is 2. The van der Waals surface area contributed by atoms with Crippen molar-refractivity contribution in [3.05, 3.63) is 60.2 Å². The summed E-state index contributed by atoms with van der Waals surface area (Å²) in [5, 5.41) is 0.536. The number of rotatable bonds is 1. The lowest BCUT2D eigenvalue weighted by Gasteiger charge is -2.07. The van der Waals surface area contributed by atoms with Crippen LogP contribution in [0.3, 0.4) is 0 Å². The van der Waals surface area contributed by atoms with Gasteiger partial charge in [-0.15, -0.1) is 0 Å². The first-order valence-corrected chi connectivity index (χ1v) is 5.51. The molecule has 0 N–H and O–H groups in total. The van der Waals surface area contributed by atoms with Crippen molar-refractivity contribution < 1.29 is 13.2 Å². The third kappa shape index (κ3) is 1.93. The molecule has 2 nitrogen and oxygen atoms in total. The summed E-state index contributed by atoms with van der Waals surface area (Å²) in [6.07, 6.45) is 1.24. The molecule has 0 saturated carbocycles. The van der Waals surface area contributed by atoms with Crippen molar-refractivity contribution >= 4 is 10.9 Å². The van der Waals surface area contributed by atoms with Crippen LogP contribution in [0.1, 0.15) is 0 Å². The van der Waals surface area contributed by atoms with Crippen LogP contribution in [0.4, 0.5) is 13.2 Å². The lowest BCUT2D eigenvalue weighted by molar-refractivity contribution is 0.497. The predicted molar refractivity (Wildman–Crippen MR) is 64.8 cm³/mol. The zero-order valence-electron chi connectivity index (χ0n) is 9.57. The average molecular weight is 260 g/mol. The molecule has 0 amide bonds. The predicted octanol–water partition coefficient (Wildman–Crippen LogP) is 3.71. The highest BCUT2D eigenvalue weighted by Gasteiger charge is 2.16. The standard InChI is InChI=1S/C14H7F3N2/c15-8-5-10(13(17)11(16)6-8)14-9-3-1-2-4-12(9)18-7-19-14/h1-7H. The van der Waals surface area contributed by atoms with Gasteiger partial charge in [0.15, 0.2) is 11.6 Å². The highest BCUT2D eigenvalue weighted by Crippen LogP contribution is 2.29. The molecule has 5 heteroatoms. The molecule has 0 atom stereocenters. The molecule has 1 aromatic heterocycles. The van der Waals surface area contributed by atoms with Gasteiger partial charge >= 0.3 is 0 Å². The van der Waals surface area contributed by atoms with Crippen LogP contribution >= 0.6 is 0 Å². The van der Waals surface area contributed by atoms with Crippen LogP contribution in [0, 0.1) is 17.5 Å². The molecule has 2 aromatic carbocycles. The molecule has 0 unspecified atom stereocenters. The van der Waals surface area contributed by atoms with Gasteiger partial charge in [0.25, 0.3) is 0 Å². The van der Waals surface area contributed by atoms with E-state index in [4.69, 9.17) is 0 Å². The topological polar surface area (TPSA) is 25.8 Å². The highest BCUT2D eigenvalue weighted by molar-refractivity contribution is 5.92. The Balaban J connectivity index is 2.37. The van der Waals surface area contributed by atoms with E-state index in [0.29, 0.717) is 17.0 Å². The SMILES string of the molecule is Fc1cc(F)c(F)c(-c2ncnc3ccccc23)c1. The second-order valence-corrected chi connectivity index (χ2v) is 3.99. The Kier molecular flexibility index (Phi) is 2.67. The normalized spacial score (nSPS) is 10.9. The minimum absolute atomic E-state index is 0.168. The third-order valence-corrected chi connectivity index (χ3v) is 2.79. The Morgan fingerprint density at radius 2 is 1.68 bits per heavy atom. The first kappa shape index (κ1) is 11.6. The third-order valence-electron chi connectivity index (χ3n) is 2.79. The fourth-order valence-corrected chi connectivity index (χ4v) is 1.95. The smallest absolute Gasteiger partial charge is 0.168 e. The highest BCUT2D eigenvalue weighted by atomic mass is 19.2. The summed E-state index contributed by atoms with van der Waals surface area (Å²) in [6.45, 7) is 0. The number of nitrogens with zero attached hydrogens (tertiary/aromatic N) is 2. The van der Waals surface area contributed by atoms with E-state index in [0.717, 1.165) is 6.07 Å². The summed E-state index contributed by atoms with van der Waals surface area (Å²) in [6, 6.07) is 8.31. The Morgan fingerprint density at radius 3 is 2.53 bits per heavy atom. The van der Waals surface area contributed by atoms with Crippen LogP contribution in [0.2, 0.25) is 0 Å². The van der Waals surface area contributed by atoms with Crippen molar-refractivity contribution in [1.29, 1.82) is 0 Å². The van der Waals surface area contributed by atoms with Crippen LogP contribution in [0.25, 0.3) is 22.2 Å². The molecule has 3 aromatic rings. The van der Waals surface area contributed by atoms with Gasteiger partial charge < -0.3 is 0 Å². The van der Waals surface area contributed by atoms with Gasteiger partial charge in [-0.25, -0.2) is 23.1 Å². The number of hydrogen-bond acceptors (Lipinski definition) is 2. The molecule has 19 heavy (non-hydrogen) atoms. The zero-order chi connectivity index (χ0) is 13.4. The maximum atomic E-state index is 13.8. The van der Waals surface area contributed by atoms with Gasteiger partial charge in [-0.05, 0) is 12.1 Å². The molecule has 0 fully saturated rings. The van der Waals surface area contributed by atoms with Gasteiger partial charge in [-0.1, -0.05) is 18.2 Å². The molecule has 0 spiro atoms. The van der Waals surface area contributed by atoms with E-state index < -0.39 is 17.5 Å². The van der Waals surface area contributed by atoms with Crippen LogP contribution < -0.4 is 0 Å². The molecule has 0 saturated heterocycles. The molecule has 0 aliphatic rings. The number of para-hydroxylation sites is 1. The largest absolute Gasteiger partial charge is 0.236 e.